The number of esters is 1. The molecule has 2 atom stereocenters. The number of hydrogen-bond donors (Lipinski definition) is 2. The molecule has 2 unspecified atom stereocenters. The van der Waals surface area contributed by atoms with Crippen molar-refractivity contribution in [1.82, 2.24) is 0 Å². The first kappa shape index (κ1) is 17.0. The number of amides is 1. The van der Waals surface area contributed by atoms with Crippen LogP contribution in [0.2, 0.25) is 0 Å². The van der Waals surface area contributed by atoms with Crippen molar-refractivity contribution in [2.45, 2.75) is 25.8 Å². The third-order valence-corrected chi connectivity index (χ3v) is 4.28. The molecule has 0 aliphatic carbocycles. The van der Waals surface area contributed by atoms with E-state index in [1.807, 2.05) is 42.5 Å². The Bertz CT molecular complexity index is 746. The minimum absolute atomic E-state index is 0.0316. The van der Waals surface area contributed by atoms with E-state index in [0.29, 0.717) is 13.0 Å². The Balaban J connectivity index is 1.64. The lowest BCUT2D eigenvalue weighted by Crippen LogP contribution is -2.18. The van der Waals surface area contributed by atoms with Crippen LogP contribution in [-0.4, -0.2) is 18.5 Å². The van der Waals surface area contributed by atoms with E-state index in [9.17, 15) is 9.59 Å². The van der Waals surface area contributed by atoms with Crippen LogP contribution < -0.4 is 10.6 Å². The lowest BCUT2D eigenvalue weighted by molar-refractivity contribution is -0.138. The van der Waals surface area contributed by atoms with Crippen molar-refractivity contribution >= 4 is 23.3 Å². The fourth-order valence-corrected chi connectivity index (χ4v) is 2.94. The van der Waals surface area contributed by atoms with Crippen molar-refractivity contribution in [3.8, 4) is 0 Å². The monoisotopic (exact) mass is 338 g/mol. The van der Waals surface area contributed by atoms with Crippen LogP contribution in [0.3, 0.4) is 0 Å². The highest BCUT2D eigenvalue weighted by atomic mass is 16.5. The first-order valence-corrected chi connectivity index (χ1v) is 8.48. The van der Waals surface area contributed by atoms with Gasteiger partial charge in [0.1, 0.15) is 0 Å². The minimum Gasteiger partial charge on any atom is -0.465 e. The molecule has 0 radical (unpaired) electrons. The number of benzene rings is 2. The van der Waals surface area contributed by atoms with Gasteiger partial charge in [0.05, 0.1) is 24.4 Å². The van der Waals surface area contributed by atoms with Gasteiger partial charge in [0.15, 0.2) is 0 Å². The van der Waals surface area contributed by atoms with Crippen LogP contribution in [0.4, 0.5) is 11.4 Å². The number of ether oxygens (including phenoxy) is 1. The van der Waals surface area contributed by atoms with Crippen LogP contribution in [0.1, 0.15) is 31.4 Å². The van der Waals surface area contributed by atoms with Crippen molar-refractivity contribution in [2.75, 3.05) is 17.2 Å². The summed E-state index contributed by atoms with van der Waals surface area (Å²) in [6.45, 7) is 2.41. The van der Waals surface area contributed by atoms with Crippen LogP contribution in [0.15, 0.2) is 54.6 Å². The summed E-state index contributed by atoms with van der Waals surface area (Å²) in [5, 5.41) is 6.38. The number of rotatable bonds is 6. The Hall–Kier alpha value is -2.82. The molecule has 130 valence electrons. The van der Waals surface area contributed by atoms with Gasteiger partial charge in [-0.25, -0.2) is 0 Å². The zero-order valence-electron chi connectivity index (χ0n) is 14.2. The number of cyclic esters (lactones) is 1. The first-order chi connectivity index (χ1) is 12.1. The fourth-order valence-electron chi connectivity index (χ4n) is 2.94. The van der Waals surface area contributed by atoms with E-state index in [0.717, 1.165) is 11.4 Å². The topological polar surface area (TPSA) is 67.4 Å². The molecule has 1 fully saturated rings. The molecule has 5 nitrogen and oxygen atoms in total. The maximum atomic E-state index is 12.3. The maximum absolute atomic E-state index is 12.3. The highest BCUT2D eigenvalue weighted by Gasteiger charge is 2.26. The van der Waals surface area contributed by atoms with Gasteiger partial charge < -0.3 is 15.4 Å². The van der Waals surface area contributed by atoms with E-state index in [1.165, 1.54) is 5.56 Å². The van der Waals surface area contributed by atoms with Crippen molar-refractivity contribution in [3.63, 3.8) is 0 Å². The highest BCUT2D eigenvalue weighted by molar-refractivity contribution is 5.94. The van der Waals surface area contributed by atoms with Gasteiger partial charge in [-0.15, -0.1) is 0 Å². The molecule has 1 aliphatic rings. The molecule has 1 saturated heterocycles. The maximum Gasteiger partial charge on any atom is 0.306 e. The standard InChI is InChI=1S/C20H22N2O3/c1-14(16-7-3-2-4-8-16)21-17-9-5-6-10-18(17)22-19(23)11-15-12-20(24)25-13-15/h2-10,14-15,21H,11-13H2,1H3,(H,22,23). The molecule has 0 bridgehead atoms. The second-order valence-electron chi connectivity index (χ2n) is 6.33. The van der Waals surface area contributed by atoms with E-state index in [-0.39, 0.29) is 30.3 Å². The van der Waals surface area contributed by atoms with Gasteiger partial charge in [-0.05, 0) is 24.6 Å². The number of carbonyl (C=O) groups is 2. The molecule has 2 aromatic carbocycles. The van der Waals surface area contributed by atoms with Gasteiger partial charge in [0, 0.05) is 18.4 Å². The summed E-state index contributed by atoms with van der Waals surface area (Å²) < 4.78 is 4.91. The lowest BCUT2D eigenvalue weighted by Gasteiger charge is -2.19. The molecule has 1 heterocycles. The molecule has 0 saturated carbocycles. The summed E-state index contributed by atoms with van der Waals surface area (Å²) in [5.41, 5.74) is 2.77. The number of carbonyl (C=O) groups excluding carboxylic acids is 2. The van der Waals surface area contributed by atoms with Crippen LogP contribution in [0, 0.1) is 5.92 Å². The number of anilines is 2. The molecule has 3 rings (SSSR count). The van der Waals surface area contributed by atoms with E-state index < -0.39 is 0 Å². The Morgan fingerprint density at radius 3 is 2.48 bits per heavy atom. The van der Waals surface area contributed by atoms with Crippen molar-refractivity contribution in [2.24, 2.45) is 5.92 Å². The van der Waals surface area contributed by atoms with Gasteiger partial charge >= 0.3 is 5.97 Å². The predicted octanol–water partition coefficient (Wildman–Crippen LogP) is 3.75. The molecule has 5 heteroatoms. The van der Waals surface area contributed by atoms with Gasteiger partial charge in [-0.2, -0.15) is 0 Å². The van der Waals surface area contributed by atoms with Crippen molar-refractivity contribution in [1.29, 1.82) is 0 Å². The second kappa shape index (κ2) is 7.83. The quantitative estimate of drug-likeness (QED) is 0.787. The molecule has 1 aliphatic heterocycles. The van der Waals surface area contributed by atoms with E-state index in [2.05, 4.69) is 29.7 Å². The smallest absolute Gasteiger partial charge is 0.306 e. The average molecular weight is 338 g/mol. The van der Waals surface area contributed by atoms with Crippen molar-refractivity contribution in [3.05, 3.63) is 60.2 Å². The minimum atomic E-state index is -0.225. The third-order valence-electron chi connectivity index (χ3n) is 4.28. The normalized spacial score (nSPS) is 17.6. The summed E-state index contributed by atoms with van der Waals surface area (Å²) in [7, 11) is 0. The summed E-state index contributed by atoms with van der Waals surface area (Å²) >= 11 is 0. The first-order valence-electron chi connectivity index (χ1n) is 8.48. The molecule has 0 spiro atoms. The van der Waals surface area contributed by atoms with Crippen LogP contribution >= 0.6 is 0 Å². The number of para-hydroxylation sites is 2. The van der Waals surface area contributed by atoms with E-state index in [4.69, 9.17) is 4.74 Å². The third kappa shape index (κ3) is 4.59. The number of hydrogen-bond acceptors (Lipinski definition) is 4. The van der Waals surface area contributed by atoms with Gasteiger partial charge in [-0.1, -0.05) is 42.5 Å². The molecule has 2 N–H and O–H groups in total. The highest BCUT2D eigenvalue weighted by Crippen LogP contribution is 2.27. The summed E-state index contributed by atoms with van der Waals surface area (Å²) in [5.74, 6) is -0.364. The average Bonchev–Trinajstić information content (AvgIpc) is 3.02. The zero-order valence-corrected chi connectivity index (χ0v) is 14.2. The molecule has 0 aromatic heterocycles. The Morgan fingerprint density at radius 2 is 1.80 bits per heavy atom. The van der Waals surface area contributed by atoms with Crippen LogP contribution in [-0.2, 0) is 14.3 Å². The van der Waals surface area contributed by atoms with E-state index in [1.54, 1.807) is 0 Å². The zero-order chi connectivity index (χ0) is 17.6. The second-order valence-corrected chi connectivity index (χ2v) is 6.33. The largest absolute Gasteiger partial charge is 0.465 e. The Labute approximate surface area is 147 Å². The molecule has 2 aromatic rings. The molecule has 25 heavy (non-hydrogen) atoms. The summed E-state index contributed by atoms with van der Waals surface area (Å²) in [4.78, 5) is 23.4. The summed E-state index contributed by atoms with van der Waals surface area (Å²) in [6.07, 6.45) is 0.604. The van der Waals surface area contributed by atoms with Gasteiger partial charge in [0.2, 0.25) is 5.91 Å². The Kier molecular flexibility index (Phi) is 5.33. The van der Waals surface area contributed by atoms with Gasteiger partial charge in [0.25, 0.3) is 0 Å². The van der Waals surface area contributed by atoms with Crippen LogP contribution in [0.5, 0.6) is 0 Å². The van der Waals surface area contributed by atoms with Crippen LogP contribution in [0.25, 0.3) is 0 Å². The number of nitrogens with one attached hydrogen (secondary N) is 2. The Morgan fingerprint density at radius 1 is 1.12 bits per heavy atom. The molecular formula is C20H22N2O3. The summed E-state index contributed by atoms with van der Waals surface area (Å²) in [6, 6.07) is 17.9. The molecular weight excluding hydrogens is 316 g/mol. The molecule has 1 amide bonds. The lowest BCUT2D eigenvalue weighted by atomic mass is 10.0. The fraction of sp³-hybridized carbons (Fsp3) is 0.300. The van der Waals surface area contributed by atoms with E-state index >= 15 is 0 Å². The van der Waals surface area contributed by atoms with Gasteiger partial charge in [-0.3, -0.25) is 9.59 Å². The SMILES string of the molecule is CC(Nc1ccccc1NC(=O)CC1COC(=O)C1)c1ccccc1. The van der Waals surface area contributed by atoms with Crippen molar-refractivity contribution < 1.29 is 14.3 Å². The predicted molar refractivity (Wildman–Crippen MR) is 97.2 cm³/mol.